The quantitative estimate of drug-likeness (QED) is 0.945. The Hall–Kier alpha value is -2.14. The van der Waals surface area contributed by atoms with Crippen molar-refractivity contribution < 1.29 is 9.53 Å². The minimum Gasteiger partial charge on any atom is -0.378 e. The number of nitrogens with one attached hydrogen (secondary N) is 1. The average Bonchev–Trinajstić information content (AvgIpc) is 2.55. The molecular weight excluding hydrogens is 280 g/mol. The number of H-pyrrole nitrogens is 1. The molecule has 0 atom stereocenters. The van der Waals surface area contributed by atoms with Gasteiger partial charge in [0.1, 0.15) is 5.69 Å². The first-order valence-electron chi connectivity index (χ1n) is 7.72. The number of hydrogen-bond donors (Lipinski definition) is 1. The van der Waals surface area contributed by atoms with Crippen molar-refractivity contribution >= 4 is 16.8 Å². The van der Waals surface area contributed by atoms with E-state index in [1.807, 2.05) is 25.1 Å². The topological polar surface area (TPSA) is 62.4 Å². The van der Waals surface area contributed by atoms with Gasteiger partial charge in [-0.05, 0) is 31.9 Å². The molecule has 22 heavy (non-hydrogen) atoms. The number of para-hydroxylation sites is 1. The monoisotopic (exact) mass is 300 g/mol. The Morgan fingerprint density at radius 3 is 2.77 bits per heavy atom. The van der Waals surface area contributed by atoms with E-state index in [0.717, 1.165) is 12.8 Å². The van der Waals surface area contributed by atoms with Crippen molar-refractivity contribution in [2.45, 2.75) is 25.9 Å². The molecule has 5 heteroatoms. The molecule has 1 aromatic carbocycles. The molecule has 116 valence electrons. The number of piperidine rings is 1. The summed E-state index contributed by atoms with van der Waals surface area (Å²) in [4.78, 5) is 29.6. The molecule has 1 saturated heterocycles. The van der Waals surface area contributed by atoms with E-state index in [0.29, 0.717) is 36.3 Å². The van der Waals surface area contributed by atoms with E-state index in [2.05, 4.69) is 4.98 Å². The molecule has 1 aromatic heterocycles. The number of amides is 1. The highest BCUT2D eigenvalue weighted by Gasteiger charge is 2.24. The lowest BCUT2D eigenvalue weighted by molar-refractivity contribution is 0.0144. The second-order valence-corrected chi connectivity index (χ2v) is 5.54. The molecule has 0 saturated carbocycles. The molecule has 5 nitrogen and oxygen atoms in total. The fourth-order valence-electron chi connectivity index (χ4n) is 2.94. The number of nitrogens with zero attached hydrogens (tertiary/aromatic N) is 1. The molecule has 2 heterocycles. The van der Waals surface area contributed by atoms with Crippen LogP contribution in [0.3, 0.4) is 0 Å². The summed E-state index contributed by atoms with van der Waals surface area (Å²) in [5, 5.41) is 0.606. The molecule has 0 spiro atoms. The lowest BCUT2D eigenvalue weighted by atomic mass is 10.1. The Morgan fingerprint density at radius 2 is 2.05 bits per heavy atom. The first kappa shape index (κ1) is 14.8. The second-order valence-electron chi connectivity index (χ2n) is 5.54. The summed E-state index contributed by atoms with van der Waals surface area (Å²) in [7, 11) is 0. The Morgan fingerprint density at radius 1 is 1.32 bits per heavy atom. The number of likely N-dealkylation sites (tertiary alicyclic amines) is 1. The Balaban J connectivity index is 1.80. The highest BCUT2D eigenvalue weighted by molar-refractivity contribution is 5.94. The highest BCUT2D eigenvalue weighted by atomic mass is 16.5. The van der Waals surface area contributed by atoms with Crippen LogP contribution in [0, 0.1) is 0 Å². The van der Waals surface area contributed by atoms with Crippen molar-refractivity contribution in [3.05, 3.63) is 46.2 Å². The molecule has 1 N–H and O–H groups in total. The number of ether oxygens (including phenoxy) is 1. The summed E-state index contributed by atoms with van der Waals surface area (Å²) in [6, 6.07) is 8.64. The normalized spacial score (nSPS) is 16.1. The van der Waals surface area contributed by atoms with E-state index < -0.39 is 0 Å². The van der Waals surface area contributed by atoms with Crippen molar-refractivity contribution in [3.63, 3.8) is 0 Å². The average molecular weight is 300 g/mol. The van der Waals surface area contributed by atoms with Gasteiger partial charge in [-0.15, -0.1) is 0 Å². The number of aromatic amines is 1. The van der Waals surface area contributed by atoms with Gasteiger partial charge in [-0.2, -0.15) is 0 Å². The van der Waals surface area contributed by atoms with E-state index in [1.165, 1.54) is 6.07 Å². The minimum absolute atomic E-state index is 0.113. The fourth-order valence-corrected chi connectivity index (χ4v) is 2.94. The van der Waals surface area contributed by atoms with Crippen molar-refractivity contribution in [1.29, 1.82) is 0 Å². The Kier molecular flexibility index (Phi) is 4.24. The van der Waals surface area contributed by atoms with Crippen LogP contribution in [0.2, 0.25) is 0 Å². The molecule has 0 radical (unpaired) electrons. The molecule has 1 aliphatic heterocycles. The summed E-state index contributed by atoms with van der Waals surface area (Å²) in [6.45, 7) is 4.02. The zero-order chi connectivity index (χ0) is 15.5. The molecule has 0 aliphatic carbocycles. The number of rotatable bonds is 3. The third-order valence-corrected chi connectivity index (χ3v) is 4.10. The van der Waals surface area contributed by atoms with Gasteiger partial charge in [0.15, 0.2) is 5.43 Å². The van der Waals surface area contributed by atoms with E-state index in [9.17, 15) is 9.59 Å². The molecule has 1 aliphatic rings. The van der Waals surface area contributed by atoms with Crippen LogP contribution in [-0.4, -0.2) is 41.6 Å². The van der Waals surface area contributed by atoms with Gasteiger partial charge in [0.25, 0.3) is 5.91 Å². The van der Waals surface area contributed by atoms with Gasteiger partial charge in [0, 0.05) is 36.7 Å². The summed E-state index contributed by atoms with van der Waals surface area (Å²) in [6.07, 6.45) is 1.93. The minimum atomic E-state index is -0.123. The molecule has 0 bridgehead atoms. The predicted molar refractivity (Wildman–Crippen MR) is 85.1 cm³/mol. The number of fused-ring (bicyclic) bond motifs is 1. The van der Waals surface area contributed by atoms with Crippen LogP contribution in [-0.2, 0) is 4.74 Å². The van der Waals surface area contributed by atoms with Crippen molar-refractivity contribution in [1.82, 2.24) is 9.88 Å². The molecule has 1 fully saturated rings. The number of carbonyl (C=O) groups excluding carboxylic acids is 1. The lowest BCUT2D eigenvalue weighted by Crippen LogP contribution is -2.41. The van der Waals surface area contributed by atoms with E-state index in [4.69, 9.17) is 4.74 Å². The number of pyridine rings is 1. The zero-order valence-electron chi connectivity index (χ0n) is 12.7. The molecule has 1 amide bonds. The van der Waals surface area contributed by atoms with Gasteiger partial charge in [-0.25, -0.2) is 0 Å². The second kappa shape index (κ2) is 6.32. The molecule has 0 unspecified atom stereocenters. The maximum absolute atomic E-state index is 12.6. The van der Waals surface area contributed by atoms with Gasteiger partial charge in [-0.3, -0.25) is 9.59 Å². The van der Waals surface area contributed by atoms with Crippen LogP contribution < -0.4 is 5.43 Å². The van der Waals surface area contributed by atoms with Crippen LogP contribution >= 0.6 is 0 Å². The smallest absolute Gasteiger partial charge is 0.270 e. The largest absolute Gasteiger partial charge is 0.378 e. The van der Waals surface area contributed by atoms with Crippen LogP contribution in [0.1, 0.15) is 30.3 Å². The first-order chi connectivity index (χ1) is 10.7. The van der Waals surface area contributed by atoms with Crippen molar-refractivity contribution in [3.8, 4) is 0 Å². The van der Waals surface area contributed by atoms with E-state index in [-0.39, 0.29) is 17.4 Å². The number of benzene rings is 1. The number of carbonyl (C=O) groups is 1. The third-order valence-electron chi connectivity index (χ3n) is 4.10. The summed E-state index contributed by atoms with van der Waals surface area (Å²) < 4.78 is 5.60. The lowest BCUT2D eigenvalue weighted by Gasteiger charge is -2.31. The first-order valence-corrected chi connectivity index (χ1v) is 7.72. The van der Waals surface area contributed by atoms with Crippen LogP contribution in [0.5, 0.6) is 0 Å². The van der Waals surface area contributed by atoms with Gasteiger partial charge in [-0.1, -0.05) is 12.1 Å². The van der Waals surface area contributed by atoms with Gasteiger partial charge in [0.05, 0.1) is 6.10 Å². The standard InChI is InChI=1S/C17H20N2O3/c1-2-22-12-7-9-19(10-8-12)17(21)15-11-16(20)13-5-3-4-6-14(13)18-15/h3-6,11-12H,2,7-10H2,1H3,(H,18,20). The van der Waals surface area contributed by atoms with E-state index >= 15 is 0 Å². The van der Waals surface area contributed by atoms with Crippen LogP contribution in [0.15, 0.2) is 35.1 Å². The highest BCUT2D eigenvalue weighted by Crippen LogP contribution is 2.16. The van der Waals surface area contributed by atoms with Crippen LogP contribution in [0.4, 0.5) is 0 Å². The van der Waals surface area contributed by atoms with Gasteiger partial charge in [0.2, 0.25) is 0 Å². The fraction of sp³-hybridized carbons (Fsp3) is 0.412. The Labute approximate surface area is 128 Å². The SMILES string of the molecule is CCOC1CCN(C(=O)c2cc(=O)c3ccccc3[nH]2)CC1. The summed E-state index contributed by atoms with van der Waals surface area (Å²) in [5.41, 5.74) is 0.933. The number of aromatic nitrogens is 1. The van der Waals surface area contributed by atoms with Crippen LogP contribution in [0.25, 0.3) is 10.9 Å². The molecule has 2 aromatic rings. The van der Waals surface area contributed by atoms with Gasteiger partial charge >= 0.3 is 0 Å². The maximum atomic E-state index is 12.6. The van der Waals surface area contributed by atoms with Gasteiger partial charge < -0.3 is 14.6 Å². The van der Waals surface area contributed by atoms with E-state index in [1.54, 1.807) is 11.0 Å². The van der Waals surface area contributed by atoms with Crippen molar-refractivity contribution in [2.24, 2.45) is 0 Å². The summed E-state index contributed by atoms with van der Waals surface area (Å²) in [5.74, 6) is -0.113. The summed E-state index contributed by atoms with van der Waals surface area (Å²) >= 11 is 0. The molecule has 3 rings (SSSR count). The predicted octanol–water partition coefficient (Wildman–Crippen LogP) is 2.17. The third kappa shape index (κ3) is 2.90. The number of hydrogen-bond acceptors (Lipinski definition) is 3. The van der Waals surface area contributed by atoms with Crippen molar-refractivity contribution in [2.75, 3.05) is 19.7 Å². The zero-order valence-corrected chi connectivity index (χ0v) is 12.7. The molecular formula is C17H20N2O3. The Bertz CT molecular complexity index is 730. The maximum Gasteiger partial charge on any atom is 0.270 e.